The molecule has 2 atom stereocenters. The van der Waals surface area contributed by atoms with Crippen molar-refractivity contribution in [3.05, 3.63) is 0 Å². The summed E-state index contributed by atoms with van der Waals surface area (Å²) in [4.78, 5) is 14.0. The predicted molar refractivity (Wildman–Crippen MR) is 67.1 cm³/mol. The van der Waals surface area contributed by atoms with Crippen LogP contribution >= 0.6 is 0 Å². The highest BCUT2D eigenvalue weighted by Crippen LogP contribution is 2.24. The summed E-state index contributed by atoms with van der Waals surface area (Å²) in [6.45, 7) is 5.94. The van der Waals surface area contributed by atoms with E-state index in [9.17, 15) is 4.79 Å². The van der Waals surface area contributed by atoms with Crippen LogP contribution in [0.4, 0.5) is 0 Å². The molecule has 1 rings (SSSR count). The largest absolute Gasteiger partial charge is 0.339 e. The van der Waals surface area contributed by atoms with Crippen molar-refractivity contribution in [1.29, 1.82) is 0 Å². The molecule has 1 heterocycles. The molecular formula is C13H26N2O. The van der Waals surface area contributed by atoms with Crippen LogP contribution in [0.1, 0.15) is 52.4 Å². The topological polar surface area (TPSA) is 46.3 Å². The van der Waals surface area contributed by atoms with Crippen LogP contribution in [0.5, 0.6) is 0 Å². The maximum atomic E-state index is 11.9. The molecule has 0 aromatic carbocycles. The van der Waals surface area contributed by atoms with E-state index < -0.39 is 0 Å². The smallest absolute Gasteiger partial charge is 0.223 e. The van der Waals surface area contributed by atoms with Crippen LogP contribution in [0.2, 0.25) is 0 Å². The van der Waals surface area contributed by atoms with Crippen molar-refractivity contribution in [3.63, 3.8) is 0 Å². The Hall–Kier alpha value is -0.570. The molecule has 16 heavy (non-hydrogen) atoms. The summed E-state index contributed by atoms with van der Waals surface area (Å²) in [7, 11) is 0. The van der Waals surface area contributed by atoms with Gasteiger partial charge in [0.15, 0.2) is 0 Å². The van der Waals surface area contributed by atoms with Crippen LogP contribution < -0.4 is 5.73 Å². The van der Waals surface area contributed by atoms with Crippen LogP contribution in [0, 0.1) is 5.92 Å². The van der Waals surface area contributed by atoms with E-state index in [1.807, 2.05) is 0 Å². The molecule has 1 saturated heterocycles. The Bertz CT molecular complexity index is 218. The average molecular weight is 226 g/mol. The maximum Gasteiger partial charge on any atom is 0.223 e. The number of unbranched alkanes of at least 4 members (excludes halogenated alkanes) is 1. The zero-order valence-corrected chi connectivity index (χ0v) is 10.7. The molecule has 0 bridgehead atoms. The molecule has 1 fully saturated rings. The fourth-order valence-corrected chi connectivity index (χ4v) is 2.55. The molecule has 0 radical (unpaired) electrons. The minimum Gasteiger partial charge on any atom is -0.339 e. The maximum absolute atomic E-state index is 11.9. The quantitative estimate of drug-likeness (QED) is 0.723. The van der Waals surface area contributed by atoms with Gasteiger partial charge in [0.05, 0.1) is 0 Å². The van der Waals surface area contributed by atoms with Gasteiger partial charge in [0.2, 0.25) is 5.91 Å². The van der Waals surface area contributed by atoms with Gasteiger partial charge in [0, 0.05) is 19.0 Å². The molecule has 0 saturated carbocycles. The summed E-state index contributed by atoms with van der Waals surface area (Å²) in [5.41, 5.74) is 5.65. The third-order valence-electron chi connectivity index (χ3n) is 3.53. The van der Waals surface area contributed by atoms with Gasteiger partial charge in [0.1, 0.15) is 0 Å². The summed E-state index contributed by atoms with van der Waals surface area (Å²) in [5.74, 6) is 0.721. The van der Waals surface area contributed by atoms with E-state index >= 15 is 0 Å². The number of hydrogen-bond acceptors (Lipinski definition) is 2. The van der Waals surface area contributed by atoms with Crippen LogP contribution in [0.15, 0.2) is 0 Å². The van der Waals surface area contributed by atoms with Crippen LogP contribution in [0.3, 0.4) is 0 Å². The summed E-state index contributed by atoms with van der Waals surface area (Å²) in [6, 6.07) is 0.467. The molecule has 0 spiro atoms. The minimum absolute atomic E-state index is 0.324. The third-order valence-corrected chi connectivity index (χ3v) is 3.53. The second-order valence-electron chi connectivity index (χ2n) is 4.94. The van der Waals surface area contributed by atoms with Crippen LogP contribution in [-0.4, -0.2) is 29.9 Å². The SMILES string of the molecule is CCCCC(CCC)N1CC(CN)CC1=O. The Morgan fingerprint density at radius 2 is 2.12 bits per heavy atom. The van der Waals surface area contributed by atoms with Gasteiger partial charge in [-0.05, 0) is 25.3 Å². The van der Waals surface area contributed by atoms with Crippen molar-refractivity contribution < 1.29 is 4.79 Å². The van der Waals surface area contributed by atoms with Gasteiger partial charge in [0.25, 0.3) is 0 Å². The van der Waals surface area contributed by atoms with Crippen molar-refractivity contribution in [2.75, 3.05) is 13.1 Å². The summed E-state index contributed by atoms with van der Waals surface area (Å²) >= 11 is 0. The predicted octanol–water partition coefficient (Wildman–Crippen LogP) is 2.15. The summed E-state index contributed by atoms with van der Waals surface area (Å²) in [6.07, 6.45) is 6.56. The van der Waals surface area contributed by atoms with Crippen LogP contribution in [0.25, 0.3) is 0 Å². The zero-order chi connectivity index (χ0) is 12.0. The Morgan fingerprint density at radius 3 is 2.62 bits per heavy atom. The highest BCUT2D eigenvalue weighted by atomic mass is 16.2. The Kier molecular flexibility index (Phi) is 5.81. The average Bonchev–Trinajstić information content (AvgIpc) is 2.66. The van der Waals surface area contributed by atoms with Gasteiger partial charge in [-0.25, -0.2) is 0 Å². The molecule has 1 aliphatic heterocycles. The molecule has 2 N–H and O–H groups in total. The van der Waals surface area contributed by atoms with Gasteiger partial charge in [-0.3, -0.25) is 4.79 Å². The molecule has 1 amide bonds. The first-order chi connectivity index (χ1) is 7.72. The van der Waals surface area contributed by atoms with Crippen LogP contribution in [-0.2, 0) is 4.79 Å². The lowest BCUT2D eigenvalue weighted by Gasteiger charge is -2.28. The Labute approximate surface area is 99.4 Å². The lowest BCUT2D eigenvalue weighted by Crippen LogP contribution is -2.37. The van der Waals surface area contributed by atoms with Gasteiger partial charge in [-0.1, -0.05) is 33.1 Å². The normalized spacial score (nSPS) is 22.8. The lowest BCUT2D eigenvalue weighted by molar-refractivity contribution is -0.130. The third kappa shape index (κ3) is 3.48. The van der Waals surface area contributed by atoms with E-state index in [1.54, 1.807) is 0 Å². The number of rotatable bonds is 7. The zero-order valence-electron chi connectivity index (χ0n) is 10.7. The number of nitrogens with zero attached hydrogens (tertiary/aromatic N) is 1. The van der Waals surface area contributed by atoms with Crippen molar-refractivity contribution >= 4 is 5.91 Å². The van der Waals surface area contributed by atoms with E-state index in [4.69, 9.17) is 5.73 Å². The van der Waals surface area contributed by atoms with E-state index in [-0.39, 0.29) is 0 Å². The fourth-order valence-electron chi connectivity index (χ4n) is 2.55. The van der Waals surface area contributed by atoms with Crippen molar-refractivity contribution in [3.8, 4) is 0 Å². The Balaban J connectivity index is 2.52. The van der Waals surface area contributed by atoms with Gasteiger partial charge >= 0.3 is 0 Å². The highest BCUT2D eigenvalue weighted by molar-refractivity contribution is 5.79. The molecule has 0 aromatic heterocycles. The molecule has 2 unspecified atom stereocenters. The molecular weight excluding hydrogens is 200 g/mol. The van der Waals surface area contributed by atoms with Gasteiger partial charge in [-0.2, -0.15) is 0 Å². The lowest BCUT2D eigenvalue weighted by atomic mass is 10.0. The minimum atomic E-state index is 0.324. The summed E-state index contributed by atoms with van der Waals surface area (Å²) < 4.78 is 0. The van der Waals surface area contributed by atoms with Crippen molar-refractivity contribution in [1.82, 2.24) is 4.90 Å². The van der Waals surface area contributed by atoms with Crippen molar-refractivity contribution in [2.45, 2.75) is 58.4 Å². The second kappa shape index (κ2) is 6.89. The van der Waals surface area contributed by atoms with Gasteiger partial charge < -0.3 is 10.6 Å². The van der Waals surface area contributed by atoms with Gasteiger partial charge in [-0.15, -0.1) is 0 Å². The monoisotopic (exact) mass is 226 g/mol. The molecule has 94 valence electrons. The Morgan fingerprint density at radius 1 is 1.38 bits per heavy atom. The molecule has 0 aromatic rings. The second-order valence-corrected chi connectivity index (χ2v) is 4.94. The number of carbonyl (C=O) groups excluding carboxylic acids is 1. The molecule has 3 nitrogen and oxygen atoms in total. The molecule has 0 aliphatic carbocycles. The van der Waals surface area contributed by atoms with E-state index in [1.165, 1.54) is 12.8 Å². The number of likely N-dealkylation sites (tertiary alicyclic amines) is 1. The van der Waals surface area contributed by atoms with E-state index in [0.29, 0.717) is 30.8 Å². The van der Waals surface area contributed by atoms with E-state index in [0.717, 1.165) is 25.8 Å². The summed E-state index contributed by atoms with van der Waals surface area (Å²) in [5, 5.41) is 0. The highest BCUT2D eigenvalue weighted by Gasteiger charge is 2.32. The van der Waals surface area contributed by atoms with Crippen molar-refractivity contribution in [2.24, 2.45) is 11.7 Å². The molecule has 3 heteroatoms. The first-order valence-corrected chi connectivity index (χ1v) is 6.72. The standard InChI is InChI=1S/C13H26N2O/c1-3-5-7-12(6-4-2)15-10-11(9-14)8-13(15)16/h11-12H,3-10,14H2,1-2H3. The fraction of sp³-hybridized carbons (Fsp3) is 0.923. The van der Waals surface area contributed by atoms with E-state index in [2.05, 4.69) is 18.7 Å². The first kappa shape index (κ1) is 13.5. The molecule has 1 aliphatic rings. The number of amides is 1. The number of carbonyl (C=O) groups is 1. The number of hydrogen-bond donors (Lipinski definition) is 1. The number of nitrogens with two attached hydrogens (primary N) is 1. The first-order valence-electron chi connectivity index (χ1n) is 6.72.